The summed E-state index contributed by atoms with van der Waals surface area (Å²) >= 11 is 0. The highest BCUT2D eigenvalue weighted by molar-refractivity contribution is 5.86. The normalized spacial score (nSPS) is 17.4. The van der Waals surface area contributed by atoms with Crippen molar-refractivity contribution in [3.05, 3.63) is 24.3 Å². The van der Waals surface area contributed by atoms with Crippen LogP contribution in [0.5, 0.6) is 0 Å². The number of hydrogen-bond donors (Lipinski definition) is 3. The summed E-state index contributed by atoms with van der Waals surface area (Å²) < 4.78 is 0. The van der Waals surface area contributed by atoms with Crippen LogP contribution in [-0.2, 0) is 14.4 Å². The van der Waals surface area contributed by atoms with Gasteiger partial charge in [-0.1, -0.05) is 194 Å². The SMILES string of the molecule is CCCCCCCC/C=C\CCCCCCCCNC(=O)[C@@H]1CC(C(=O)NCCC(C)CCCC(C)C)C[C@H](C(=O)NCCCCCCCC/C=C\CCCCCCCC)C1. The highest BCUT2D eigenvalue weighted by atomic mass is 16.2. The quantitative estimate of drug-likeness (QED) is 0.0422. The Hall–Kier alpha value is -2.11. The van der Waals surface area contributed by atoms with Crippen molar-refractivity contribution < 1.29 is 14.4 Å². The van der Waals surface area contributed by atoms with E-state index in [1.807, 2.05) is 0 Å². The van der Waals surface area contributed by atoms with Gasteiger partial charge in [-0.25, -0.2) is 0 Å². The van der Waals surface area contributed by atoms with E-state index in [0.29, 0.717) is 44.8 Å². The third-order valence-corrected chi connectivity index (χ3v) is 13.2. The van der Waals surface area contributed by atoms with Crippen molar-refractivity contribution >= 4 is 17.7 Å². The fourth-order valence-corrected chi connectivity index (χ4v) is 9.02. The van der Waals surface area contributed by atoms with Crippen LogP contribution in [0.1, 0.15) is 259 Å². The third kappa shape index (κ3) is 35.0. The van der Waals surface area contributed by atoms with Crippen molar-refractivity contribution in [2.24, 2.45) is 29.6 Å². The molecule has 3 N–H and O–H groups in total. The maximum Gasteiger partial charge on any atom is 0.223 e. The van der Waals surface area contributed by atoms with Gasteiger partial charge in [-0.15, -0.1) is 0 Å². The molecule has 0 radical (unpaired) electrons. The molecule has 1 rings (SSSR count). The van der Waals surface area contributed by atoms with Crippen LogP contribution in [0.2, 0.25) is 0 Å². The van der Waals surface area contributed by atoms with Crippen molar-refractivity contribution in [3.8, 4) is 0 Å². The van der Waals surface area contributed by atoms with Gasteiger partial charge in [-0.05, 0) is 102 Å². The summed E-state index contributed by atoms with van der Waals surface area (Å²) in [6.45, 7) is 13.4. The monoisotopic (exact) mass is 854 g/mol. The number of amides is 3. The lowest BCUT2D eigenvalue weighted by Gasteiger charge is -2.33. The molecule has 6 nitrogen and oxygen atoms in total. The second kappa shape index (κ2) is 41.9. The Labute approximate surface area is 379 Å². The standard InChI is InChI=1S/C55H103N3O3/c1-6-8-10-12-14-16-18-20-22-24-26-28-30-32-34-36-42-56-53(59)50-45-51(47-52(46-50)55(61)58-44-41-49(5)40-38-39-48(3)4)54(60)57-43-37-35-33-31-29-27-25-23-21-19-17-15-13-11-9-7-2/h20-23,48-52H,6-19,24-47H2,1-5H3,(H,56,59)(H,57,60)(H,58,61)/b22-20-,23-21-/t49?,50-,51+,52?. The van der Waals surface area contributed by atoms with Gasteiger partial charge < -0.3 is 16.0 Å². The van der Waals surface area contributed by atoms with Crippen molar-refractivity contribution in [2.75, 3.05) is 19.6 Å². The first-order valence-electron chi connectivity index (χ1n) is 26.9. The summed E-state index contributed by atoms with van der Waals surface area (Å²) in [7, 11) is 0. The molecule has 1 aliphatic carbocycles. The molecule has 1 saturated carbocycles. The zero-order chi connectivity index (χ0) is 44.4. The molecular weight excluding hydrogens is 751 g/mol. The van der Waals surface area contributed by atoms with Gasteiger partial charge in [-0.2, -0.15) is 0 Å². The van der Waals surface area contributed by atoms with E-state index in [2.05, 4.69) is 74.9 Å². The topological polar surface area (TPSA) is 87.3 Å². The van der Waals surface area contributed by atoms with Crippen LogP contribution < -0.4 is 16.0 Å². The molecule has 356 valence electrons. The minimum Gasteiger partial charge on any atom is -0.356 e. The van der Waals surface area contributed by atoms with E-state index in [0.717, 1.165) is 38.0 Å². The van der Waals surface area contributed by atoms with Gasteiger partial charge in [0.2, 0.25) is 17.7 Å². The Morgan fingerprint density at radius 1 is 0.393 bits per heavy atom. The van der Waals surface area contributed by atoms with Crippen molar-refractivity contribution in [1.29, 1.82) is 0 Å². The maximum atomic E-state index is 13.5. The fourth-order valence-electron chi connectivity index (χ4n) is 9.02. The molecule has 0 spiro atoms. The first kappa shape index (κ1) is 56.9. The lowest BCUT2D eigenvalue weighted by molar-refractivity contribution is -0.134. The summed E-state index contributed by atoms with van der Waals surface area (Å²) in [5.41, 5.74) is 0. The van der Waals surface area contributed by atoms with Crippen LogP contribution in [0.25, 0.3) is 0 Å². The van der Waals surface area contributed by atoms with Gasteiger partial charge in [0.05, 0.1) is 0 Å². The van der Waals surface area contributed by atoms with Gasteiger partial charge in [0, 0.05) is 37.4 Å². The Bertz CT molecular complexity index is 1020. The van der Waals surface area contributed by atoms with Crippen molar-refractivity contribution in [2.45, 2.75) is 259 Å². The molecule has 1 fully saturated rings. The first-order chi connectivity index (χ1) is 29.8. The number of carbonyl (C=O) groups is 3. The molecule has 61 heavy (non-hydrogen) atoms. The summed E-state index contributed by atoms with van der Waals surface area (Å²) in [6, 6.07) is 0. The molecule has 0 heterocycles. The van der Waals surface area contributed by atoms with Gasteiger partial charge in [-0.3, -0.25) is 14.4 Å². The highest BCUT2D eigenvalue weighted by Crippen LogP contribution is 2.34. The minimum atomic E-state index is -0.299. The molecule has 0 aliphatic heterocycles. The average Bonchev–Trinajstić information content (AvgIpc) is 3.25. The van der Waals surface area contributed by atoms with E-state index in [9.17, 15) is 14.4 Å². The number of rotatable bonds is 42. The summed E-state index contributed by atoms with van der Waals surface area (Å²) in [6.07, 6.45) is 51.2. The van der Waals surface area contributed by atoms with E-state index in [4.69, 9.17) is 0 Å². The highest BCUT2D eigenvalue weighted by Gasteiger charge is 2.38. The average molecular weight is 854 g/mol. The van der Waals surface area contributed by atoms with E-state index < -0.39 is 0 Å². The Morgan fingerprint density at radius 3 is 1.05 bits per heavy atom. The van der Waals surface area contributed by atoms with Gasteiger partial charge in [0.25, 0.3) is 0 Å². The predicted molar refractivity (Wildman–Crippen MR) is 265 cm³/mol. The van der Waals surface area contributed by atoms with Crippen LogP contribution in [-0.4, -0.2) is 37.4 Å². The second-order valence-electron chi connectivity index (χ2n) is 19.8. The lowest BCUT2D eigenvalue weighted by atomic mass is 9.74. The van der Waals surface area contributed by atoms with Gasteiger partial charge >= 0.3 is 0 Å². The van der Waals surface area contributed by atoms with Crippen LogP contribution in [0.3, 0.4) is 0 Å². The molecule has 1 aliphatic rings. The number of hydrogen-bond acceptors (Lipinski definition) is 3. The van der Waals surface area contributed by atoms with E-state index >= 15 is 0 Å². The van der Waals surface area contributed by atoms with Crippen LogP contribution in [0.4, 0.5) is 0 Å². The second-order valence-corrected chi connectivity index (χ2v) is 19.8. The van der Waals surface area contributed by atoms with Crippen molar-refractivity contribution in [3.63, 3.8) is 0 Å². The zero-order valence-electron chi connectivity index (χ0n) is 41.3. The number of nitrogens with one attached hydrogen (secondary N) is 3. The van der Waals surface area contributed by atoms with E-state index in [1.165, 1.54) is 173 Å². The largest absolute Gasteiger partial charge is 0.356 e. The summed E-state index contributed by atoms with van der Waals surface area (Å²) in [5.74, 6) is 0.478. The van der Waals surface area contributed by atoms with E-state index in [1.54, 1.807) is 0 Å². The molecule has 6 heteroatoms. The van der Waals surface area contributed by atoms with E-state index in [-0.39, 0.29) is 35.5 Å². The molecule has 2 unspecified atom stereocenters. The molecule has 0 aromatic heterocycles. The summed E-state index contributed by atoms with van der Waals surface area (Å²) in [5, 5.41) is 9.59. The molecular formula is C55H103N3O3. The molecule has 3 amide bonds. The molecule has 4 atom stereocenters. The molecule has 0 bridgehead atoms. The van der Waals surface area contributed by atoms with Crippen LogP contribution in [0, 0.1) is 29.6 Å². The molecule has 0 aromatic rings. The van der Waals surface area contributed by atoms with Gasteiger partial charge in [0.1, 0.15) is 0 Å². The summed E-state index contributed by atoms with van der Waals surface area (Å²) in [4.78, 5) is 40.5. The Kier molecular flexibility index (Phi) is 39.1. The lowest BCUT2D eigenvalue weighted by Crippen LogP contribution is -2.45. The van der Waals surface area contributed by atoms with Gasteiger partial charge in [0.15, 0.2) is 0 Å². The Morgan fingerprint density at radius 2 is 0.705 bits per heavy atom. The van der Waals surface area contributed by atoms with Crippen LogP contribution in [0.15, 0.2) is 24.3 Å². The number of carbonyl (C=O) groups excluding carboxylic acids is 3. The van der Waals surface area contributed by atoms with Crippen LogP contribution >= 0.6 is 0 Å². The fraction of sp³-hybridized carbons (Fsp3) is 0.873. The predicted octanol–water partition coefficient (Wildman–Crippen LogP) is 15.3. The number of allylic oxidation sites excluding steroid dienone is 4. The van der Waals surface area contributed by atoms with Crippen molar-refractivity contribution in [1.82, 2.24) is 16.0 Å². The number of unbranched alkanes of at least 4 members (excludes halogenated alkanes) is 24. The molecule has 0 aromatic carbocycles. The first-order valence-corrected chi connectivity index (χ1v) is 26.9. The zero-order valence-corrected chi connectivity index (χ0v) is 41.3. The third-order valence-electron chi connectivity index (χ3n) is 13.2. The minimum absolute atomic E-state index is 0.0197. The Balaban J connectivity index is 2.40. The smallest absolute Gasteiger partial charge is 0.223 e. The molecule has 0 saturated heterocycles. The maximum absolute atomic E-state index is 13.5.